The molecule has 0 saturated carbocycles. The fraction of sp³-hybridized carbons (Fsp3) is 0.250. The van der Waals surface area contributed by atoms with E-state index in [1.807, 2.05) is 43.8 Å². The molecule has 26 heavy (non-hydrogen) atoms. The molecule has 0 spiro atoms. The molecule has 0 fully saturated rings. The maximum atomic E-state index is 4.77. The largest absolute Gasteiger partial charge is 0.346 e. The van der Waals surface area contributed by atoms with Crippen LogP contribution in [0.1, 0.15) is 23.9 Å². The molecule has 0 aliphatic carbocycles. The van der Waals surface area contributed by atoms with E-state index in [0.29, 0.717) is 5.95 Å². The van der Waals surface area contributed by atoms with Gasteiger partial charge in [0.1, 0.15) is 5.52 Å². The van der Waals surface area contributed by atoms with Gasteiger partial charge in [0.05, 0.1) is 11.2 Å². The zero-order valence-corrected chi connectivity index (χ0v) is 15.5. The van der Waals surface area contributed by atoms with Crippen molar-refractivity contribution >= 4 is 22.5 Å². The Morgan fingerprint density at radius 3 is 2.46 bits per heavy atom. The Bertz CT molecular complexity index is 1070. The smallest absolute Gasteiger partial charge is 0.253 e. The van der Waals surface area contributed by atoms with Crippen LogP contribution in [0.3, 0.4) is 0 Å². The van der Waals surface area contributed by atoms with Crippen LogP contribution in [0.5, 0.6) is 0 Å². The molecule has 4 aromatic rings. The number of hydrogen-bond donors (Lipinski definition) is 1. The van der Waals surface area contributed by atoms with E-state index < -0.39 is 0 Å². The topological polar surface area (TPSA) is 60.6 Å². The molecule has 1 N–H and O–H groups in total. The number of aromatic nitrogens is 5. The molecular formula is C20H22N6. The van der Waals surface area contributed by atoms with E-state index in [0.717, 1.165) is 40.3 Å². The molecule has 3 aromatic heterocycles. The third-order valence-electron chi connectivity index (χ3n) is 4.53. The van der Waals surface area contributed by atoms with Crippen molar-refractivity contribution in [3.63, 3.8) is 0 Å². The van der Waals surface area contributed by atoms with Crippen LogP contribution in [-0.2, 0) is 13.5 Å². The summed E-state index contributed by atoms with van der Waals surface area (Å²) in [5.74, 6) is 1.34. The SMILES string of the molecule is CCc1ccc(Nc2nc(-n3nc(C)cc3C)nc3ccn(C)c23)cc1. The standard InChI is InChI=1S/C20H22N6/c1-5-15-6-8-16(9-7-15)21-19-18-17(10-11-25(18)4)22-20(23-19)26-14(3)12-13(2)24-26/h6-12H,5H2,1-4H3,(H,21,22,23). The maximum Gasteiger partial charge on any atom is 0.253 e. The molecule has 0 atom stereocenters. The highest BCUT2D eigenvalue weighted by Crippen LogP contribution is 2.26. The molecule has 0 amide bonds. The Morgan fingerprint density at radius 2 is 1.81 bits per heavy atom. The number of aryl methyl sites for hydroxylation is 4. The Hall–Kier alpha value is -3.15. The lowest BCUT2D eigenvalue weighted by molar-refractivity contribution is 0.780. The molecule has 0 saturated heterocycles. The molecular weight excluding hydrogens is 324 g/mol. The Morgan fingerprint density at radius 1 is 1.04 bits per heavy atom. The van der Waals surface area contributed by atoms with Crippen molar-refractivity contribution in [2.75, 3.05) is 5.32 Å². The predicted octanol–water partition coefficient (Wildman–Crippen LogP) is 4.08. The number of nitrogens with zero attached hydrogens (tertiary/aromatic N) is 5. The summed E-state index contributed by atoms with van der Waals surface area (Å²) in [5.41, 5.74) is 6.13. The first-order valence-corrected chi connectivity index (χ1v) is 8.78. The highest BCUT2D eigenvalue weighted by Gasteiger charge is 2.14. The zero-order chi connectivity index (χ0) is 18.3. The second-order valence-corrected chi connectivity index (χ2v) is 6.55. The summed E-state index contributed by atoms with van der Waals surface area (Å²) < 4.78 is 3.82. The first-order valence-electron chi connectivity index (χ1n) is 8.78. The molecule has 132 valence electrons. The fourth-order valence-corrected chi connectivity index (χ4v) is 3.15. The number of fused-ring (bicyclic) bond motifs is 1. The average Bonchev–Trinajstić information content (AvgIpc) is 3.17. The number of hydrogen-bond acceptors (Lipinski definition) is 4. The zero-order valence-electron chi connectivity index (χ0n) is 15.5. The molecule has 0 radical (unpaired) electrons. The van der Waals surface area contributed by atoms with Gasteiger partial charge >= 0.3 is 0 Å². The van der Waals surface area contributed by atoms with Gasteiger partial charge in [0.2, 0.25) is 0 Å². The number of nitrogens with one attached hydrogen (secondary N) is 1. The number of benzene rings is 1. The minimum Gasteiger partial charge on any atom is -0.346 e. The molecule has 6 nitrogen and oxygen atoms in total. The van der Waals surface area contributed by atoms with Crippen molar-refractivity contribution in [3.8, 4) is 5.95 Å². The van der Waals surface area contributed by atoms with Crippen LogP contribution in [0.15, 0.2) is 42.6 Å². The van der Waals surface area contributed by atoms with Gasteiger partial charge in [-0.15, -0.1) is 0 Å². The van der Waals surface area contributed by atoms with Crippen LogP contribution in [0, 0.1) is 13.8 Å². The number of rotatable bonds is 4. The molecule has 0 unspecified atom stereocenters. The van der Waals surface area contributed by atoms with E-state index in [9.17, 15) is 0 Å². The minimum atomic E-state index is 0.571. The normalized spacial score (nSPS) is 11.2. The highest BCUT2D eigenvalue weighted by atomic mass is 15.4. The summed E-state index contributed by atoms with van der Waals surface area (Å²) in [6.07, 6.45) is 3.02. The van der Waals surface area contributed by atoms with E-state index in [-0.39, 0.29) is 0 Å². The summed E-state index contributed by atoms with van der Waals surface area (Å²) in [4.78, 5) is 9.47. The maximum absolute atomic E-state index is 4.77. The molecule has 0 aliphatic rings. The molecule has 3 heterocycles. The van der Waals surface area contributed by atoms with E-state index in [1.54, 1.807) is 4.68 Å². The van der Waals surface area contributed by atoms with E-state index in [2.05, 4.69) is 41.6 Å². The quantitative estimate of drug-likeness (QED) is 0.605. The Balaban J connectivity index is 1.83. The van der Waals surface area contributed by atoms with Crippen LogP contribution < -0.4 is 5.32 Å². The van der Waals surface area contributed by atoms with Crippen LogP contribution in [0.4, 0.5) is 11.5 Å². The van der Waals surface area contributed by atoms with Gasteiger partial charge in [-0.2, -0.15) is 10.1 Å². The molecule has 6 heteroatoms. The second kappa shape index (κ2) is 6.29. The average molecular weight is 346 g/mol. The lowest BCUT2D eigenvalue weighted by atomic mass is 10.1. The molecule has 0 aliphatic heterocycles. The van der Waals surface area contributed by atoms with Gasteiger partial charge in [0.15, 0.2) is 5.82 Å². The fourth-order valence-electron chi connectivity index (χ4n) is 3.15. The molecule has 0 bridgehead atoms. The third-order valence-corrected chi connectivity index (χ3v) is 4.53. The van der Waals surface area contributed by atoms with Crippen molar-refractivity contribution in [1.82, 2.24) is 24.3 Å². The summed E-state index contributed by atoms with van der Waals surface area (Å²) in [7, 11) is 2.00. The van der Waals surface area contributed by atoms with Crippen molar-refractivity contribution in [2.24, 2.45) is 7.05 Å². The van der Waals surface area contributed by atoms with Crippen LogP contribution in [-0.4, -0.2) is 24.3 Å². The minimum absolute atomic E-state index is 0.571. The summed E-state index contributed by atoms with van der Waals surface area (Å²) in [6, 6.07) is 12.4. The summed E-state index contributed by atoms with van der Waals surface area (Å²) >= 11 is 0. The Kier molecular flexibility index (Phi) is 3.95. The van der Waals surface area contributed by atoms with Gasteiger partial charge in [-0.25, -0.2) is 9.67 Å². The van der Waals surface area contributed by atoms with E-state index in [1.165, 1.54) is 5.56 Å². The third kappa shape index (κ3) is 2.83. The molecule has 4 rings (SSSR count). The summed E-state index contributed by atoms with van der Waals surface area (Å²) in [5, 5.41) is 7.97. The predicted molar refractivity (Wildman–Crippen MR) is 104 cm³/mol. The van der Waals surface area contributed by atoms with Crippen LogP contribution in [0.2, 0.25) is 0 Å². The van der Waals surface area contributed by atoms with Gasteiger partial charge < -0.3 is 9.88 Å². The molecule has 1 aromatic carbocycles. The Labute approximate surface area is 152 Å². The first-order chi connectivity index (χ1) is 12.5. The first kappa shape index (κ1) is 16.3. The van der Waals surface area contributed by atoms with Gasteiger partial charge in [0.25, 0.3) is 5.95 Å². The van der Waals surface area contributed by atoms with Crippen molar-refractivity contribution < 1.29 is 0 Å². The van der Waals surface area contributed by atoms with Gasteiger partial charge in [-0.3, -0.25) is 0 Å². The highest BCUT2D eigenvalue weighted by molar-refractivity contribution is 5.89. The summed E-state index contributed by atoms with van der Waals surface area (Å²) in [6.45, 7) is 6.13. The lowest BCUT2D eigenvalue weighted by Gasteiger charge is -2.11. The van der Waals surface area contributed by atoms with Gasteiger partial charge in [-0.1, -0.05) is 19.1 Å². The lowest BCUT2D eigenvalue weighted by Crippen LogP contribution is -2.08. The van der Waals surface area contributed by atoms with Crippen molar-refractivity contribution in [2.45, 2.75) is 27.2 Å². The van der Waals surface area contributed by atoms with E-state index in [4.69, 9.17) is 9.97 Å². The number of anilines is 2. The van der Waals surface area contributed by atoms with Crippen LogP contribution in [0.25, 0.3) is 17.0 Å². The van der Waals surface area contributed by atoms with Crippen LogP contribution >= 0.6 is 0 Å². The monoisotopic (exact) mass is 346 g/mol. The van der Waals surface area contributed by atoms with E-state index >= 15 is 0 Å². The van der Waals surface area contributed by atoms with Crippen molar-refractivity contribution in [3.05, 3.63) is 59.5 Å². The van der Waals surface area contributed by atoms with Crippen molar-refractivity contribution in [1.29, 1.82) is 0 Å². The van der Waals surface area contributed by atoms with Gasteiger partial charge in [0, 0.05) is 24.6 Å². The second-order valence-electron chi connectivity index (χ2n) is 6.55. The van der Waals surface area contributed by atoms with Gasteiger partial charge in [-0.05, 0) is 50.1 Å².